The number of likely N-dealkylation sites (tertiary alicyclic amines) is 1. The zero-order chi connectivity index (χ0) is 14.0. The Kier molecular flexibility index (Phi) is 5.18. The lowest BCUT2D eigenvalue weighted by molar-refractivity contribution is 0.0102. The molecule has 112 valence electrons. The minimum absolute atomic E-state index is 0.163. The first kappa shape index (κ1) is 15.2. The Balaban J connectivity index is 1.92. The molecule has 0 aromatic heterocycles. The molecule has 0 bridgehead atoms. The summed E-state index contributed by atoms with van der Waals surface area (Å²) < 4.78 is 24.7. The molecule has 4 unspecified atom stereocenters. The highest BCUT2D eigenvalue weighted by Gasteiger charge is 2.38. The maximum Gasteiger partial charge on any atom is 0.250 e. The van der Waals surface area contributed by atoms with E-state index in [9.17, 15) is 8.78 Å². The Bertz CT molecular complexity index is 283. The lowest BCUT2D eigenvalue weighted by Gasteiger charge is -2.49. The molecule has 0 aromatic carbocycles. The molecular formula is C15H28F2N2. The molecule has 4 atom stereocenters. The Labute approximate surface area is 115 Å². The van der Waals surface area contributed by atoms with E-state index >= 15 is 0 Å². The van der Waals surface area contributed by atoms with Gasteiger partial charge < -0.3 is 5.32 Å². The largest absolute Gasteiger partial charge is 0.307 e. The van der Waals surface area contributed by atoms with Crippen LogP contribution in [0.2, 0.25) is 0 Å². The van der Waals surface area contributed by atoms with Crippen LogP contribution in [0.25, 0.3) is 0 Å². The molecule has 2 fully saturated rings. The van der Waals surface area contributed by atoms with Crippen LogP contribution in [0.1, 0.15) is 40.0 Å². The molecule has 2 rings (SSSR count). The van der Waals surface area contributed by atoms with Gasteiger partial charge in [-0.05, 0) is 37.0 Å². The first-order valence-electron chi connectivity index (χ1n) is 7.73. The molecule has 0 spiro atoms. The van der Waals surface area contributed by atoms with E-state index in [0.29, 0.717) is 17.9 Å². The second kappa shape index (κ2) is 6.49. The second-order valence-electron chi connectivity index (χ2n) is 6.81. The van der Waals surface area contributed by atoms with E-state index in [2.05, 4.69) is 31.0 Å². The fraction of sp³-hybridized carbons (Fsp3) is 1.00. The minimum atomic E-state index is -2.24. The van der Waals surface area contributed by atoms with Crippen molar-refractivity contribution in [2.45, 2.75) is 58.5 Å². The van der Waals surface area contributed by atoms with Gasteiger partial charge in [0.05, 0.1) is 6.54 Å². The van der Waals surface area contributed by atoms with Gasteiger partial charge in [0.25, 0.3) is 6.43 Å². The Morgan fingerprint density at radius 3 is 2.42 bits per heavy atom. The normalized spacial score (nSPS) is 36.8. The monoisotopic (exact) mass is 274 g/mol. The second-order valence-corrected chi connectivity index (χ2v) is 6.81. The number of halogens is 2. The Hall–Kier alpha value is -0.220. The number of nitrogens with zero attached hydrogens (tertiary/aromatic N) is 1. The van der Waals surface area contributed by atoms with Gasteiger partial charge in [-0.2, -0.15) is 0 Å². The van der Waals surface area contributed by atoms with Crippen molar-refractivity contribution in [2.75, 3.05) is 19.6 Å². The fourth-order valence-corrected chi connectivity index (χ4v) is 3.52. The first-order chi connectivity index (χ1) is 8.97. The zero-order valence-electron chi connectivity index (χ0n) is 12.4. The number of hydrogen-bond acceptors (Lipinski definition) is 2. The van der Waals surface area contributed by atoms with E-state index in [0.717, 1.165) is 25.4 Å². The fourth-order valence-electron chi connectivity index (χ4n) is 3.52. The predicted octanol–water partition coefficient (Wildman–Crippen LogP) is 2.99. The van der Waals surface area contributed by atoms with E-state index in [4.69, 9.17) is 0 Å². The quantitative estimate of drug-likeness (QED) is 0.829. The van der Waals surface area contributed by atoms with Crippen LogP contribution in [0.15, 0.2) is 0 Å². The SMILES string of the molecule is CC(C)C1CC(NCC(F)F)CN(C2CCC2C)C1. The summed E-state index contributed by atoms with van der Waals surface area (Å²) in [6.45, 7) is 8.76. The molecule has 1 saturated heterocycles. The molecule has 1 N–H and O–H groups in total. The van der Waals surface area contributed by atoms with E-state index in [1.807, 2.05) is 0 Å². The molecule has 0 amide bonds. The van der Waals surface area contributed by atoms with Crippen molar-refractivity contribution in [1.82, 2.24) is 10.2 Å². The maximum absolute atomic E-state index is 12.4. The topological polar surface area (TPSA) is 15.3 Å². The summed E-state index contributed by atoms with van der Waals surface area (Å²) in [7, 11) is 0. The van der Waals surface area contributed by atoms with Crippen molar-refractivity contribution in [3.8, 4) is 0 Å². The van der Waals surface area contributed by atoms with Gasteiger partial charge in [-0.3, -0.25) is 4.90 Å². The van der Waals surface area contributed by atoms with Crippen molar-refractivity contribution in [1.29, 1.82) is 0 Å². The van der Waals surface area contributed by atoms with Crippen LogP contribution >= 0.6 is 0 Å². The number of hydrogen-bond donors (Lipinski definition) is 1. The van der Waals surface area contributed by atoms with E-state index in [1.54, 1.807) is 0 Å². The van der Waals surface area contributed by atoms with Gasteiger partial charge in [0.1, 0.15) is 0 Å². The summed E-state index contributed by atoms with van der Waals surface area (Å²) in [4.78, 5) is 2.56. The van der Waals surface area contributed by atoms with Gasteiger partial charge in [0.2, 0.25) is 0 Å². The van der Waals surface area contributed by atoms with Crippen LogP contribution in [0.4, 0.5) is 8.78 Å². The lowest BCUT2D eigenvalue weighted by Crippen LogP contribution is -2.57. The molecule has 1 aliphatic heterocycles. The van der Waals surface area contributed by atoms with Crippen LogP contribution in [-0.2, 0) is 0 Å². The average molecular weight is 274 g/mol. The molecule has 4 heteroatoms. The summed E-state index contributed by atoms with van der Waals surface area (Å²) in [5, 5.41) is 3.06. The highest BCUT2D eigenvalue weighted by molar-refractivity contribution is 4.93. The van der Waals surface area contributed by atoms with Crippen LogP contribution in [0.3, 0.4) is 0 Å². The smallest absolute Gasteiger partial charge is 0.250 e. The molecular weight excluding hydrogens is 246 g/mol. The zero-order valence-corrected chi connectivity index (χ0v) is 12.4. The standard InChI is InChI=1S/C15H28F2N2/c1-10(2)12-6-13(18-7-15(16)17)9-19(8-12)14-5-4-11(14)3/h10-15,18H,4-9H2,1-3H3. The molecule has 1 saturated carbocycles. The molecule has 1 heterocycles. The highest BCUT2D eigenvalue weighted by atomic mass is 19.3. The third-order valence-corrected chi connectivity index (χ3v) is 5.06. The predicted molar refractivity (Wildman–Crippen MR) is 74.5 cm³/mol. The molecule has 0 aromatic rings. The van der Waals surface area contributed by atoms with Crippen LogP contribution in [0, 0.1) is 17.8 Å². The number of rotatable bonds is 5. The summed E-state index contributed by atoms with van der Waals surface area (Å²) in [5.41, 5.74) is 0. The number of alkyl halides is 2. The van der Waals surface area contributed by atoms with Crippen LogP contribution in [-0.4, -0.2) is 43.0 Å². The number of piperidine rings is 1. The van der Waals surface area contributed by atoms with Gasteiger partial charge in [0.15, 0.2) is 0 Å². The Morgan fingerprint density at radius 1 is 1.21 bits per heavy atom. The number of nitrogens with one attached hydrogen (secondary N) is 1. The minimum Gasteiger partial charge on any atom is -0.307 e. The summed E-state index contributed by atoms with van der Waals surface area (Å²) in [6.07, 6.45) is 1.41. The summed E-state index contributed by atoms with van der Waals surface area (Å²) >= 11 is 0. The first-order valence-corrected chi connectivity index (χ1v) is 7.73. The van der Waals surface area contributed by atoms with Crippen LogP contribution < -0.4 is 5.32 Å². The van der Waals surface area contributed by atoms with Crippen molar-refractivity contribution >= 4 is 0 Å². The average Bonchev–Trinajstić information content (AvgIpc) is 2.34. The van der Waals surface area contributed by atoms with E-state index in [1.165, 1.54) is 12.8 Å². The summed E-state index contributed by atoms with van der Waals surface area (Å²) in [6, 6.07) is 0.931. The van der Waals surface area contributed by atoms with E-state index < -0.39 is 6.43 Å². The molecule has 19 heavy (non-hydrogen) atoms. The Morgan fingerprint density at radius 2 is 1.95 bits per heavy atom. The molecule has 2 nitrogen and oxygen atoms in total. The van der Waals surface area contributed by atoms with Crippen molar-refractivity contribution < 1.29 is 8.78 Å². The third kappa shape index (κ3) is 3.88. The van der Waals surface area contributed by atoms with Crippen LogP contribution in [0.5, 0.6) is 0 Å². The lowest BCUT2D eigenvalue weighted by atomic mass is 9.77. The van der Waals surface area contributed by atoms with Crippen molar-refractivity contribution in [3.05, 3.63) is 0 Å². The van der Waals surface area contributed by atoms with Gasteiger partial charge in [0, 0.05) is 25.2 Å². The maximum atomic E-state index is 12.4. The molecule has 2 aliphatic rings. The summed E-state index contributed by atoms with van der Waals surface area (Å²) in [5.74, 6) is 2.05. The molecule has 1 aliphatic carbocycles. The van der Waals surface area contributed by atoms with Gasteiger partial charge in [-0.25, -0.2) is 8.78 Å². The molecule has 0 radical (unpaired) electrons. The highest BCUT2D eigenvalue weighted by Crippen LogP contribution is 2.35. The van der Waals surface area contributed by atoms with Gasteiger partial charge >= 0.3 is 0 Å². The van der Waals surface area contributed by atoms with Crippen molar-refractivity contribution in [2.24, 2.45) is 17.8 Å². The van der Waals surface area contributed by atoms with E-state index in [-0.39, 0.29) is 12.6 Å². The third-order valence-electron chi connectivity index (χ3n) is 5.06. The van der Waals surface area contributed by atoms with Gasteiger partial charge in [-0.15, -0.1) is 0 Å². The van der Waals surface area contributed by atoms with Crippen molar-refractivity contribution in [3.63, 3.8) is 0 Å². The van der Waals surface area contributed by atoms with Gasteiger partial charge in [-0.1, -0.05) is 20.8 Å².